The minimum atomic E-state index is -1.27. The SMILES string of the molecule is CN1C(=O)S/C(=C/c2ccc(-c3cc(C(=O)O)cc(C(=O)O)c3)o2)C1=O. The summed E-state index contributed by atoms with van der Waals surface area (Å²) >= 11 is 0.778. The number of nitrogens with zero attached hydrogens (tertiary/aromatic N) is 1. The molecule has 1 aliphatic heterocycles. The van der Waals surface area contributed by atoms with Crippen molar-refractivity contribution in [2.45, 2.75) is 0 Å². The highest BCUT2D eigenvalue weighted by Gasteiger charge is 2.32. The van der Waals surface area contributed by atoms with Gasteiger partial charge in [-0.1, -0.05) is 0 Å². The molecule has 1 aromatic heterocycles. The predicted molar refractivity (Wildman–Crippen MR) is 91.8 cm³/mol. The average Bonchev–Trinajstić information content (AvgIpc) is 3.16. The Hall–Kier alpha value is -3.33. The van der Waals surface area contributed by atoms with Crippen LogP contribution in [0.15, 0.2) is 39.7 Å². The molecule has 8 nitrogen and oxygen atoms in total. The van der Waals surface area contributed by atoms with Gasteiger partial charge in [-0.05, 0) is 42.1 Å². The first-order valence-electron chi connectivity index (χ1n) is 7.19. The number of amides is 2. The molecule has 2 heterocycles. The molecule has 0 spiro atoms. The van der Waals surface area contributed by atoms with Gasteiger partial charge in [0, 0.05) is 18.7 Å². The van der Waals surface area contributed by atoms with Gasteiger partial charge in [-0.25, -0.2) is 9.59 Å². The monoisotopic (exact) mass is 373 g/mol. The van der Waals surface area contributed by atoms with Crippen LogP contribution in [-0.2, 0) is 4.79 Å². The summed E-state index contributed by atoms with van der Waals surface area (Å²) in [6.07, 6.45) is 1.40. The maximum atomic E-state index is 11.9. The highest BCUT2D eigenvalue weighted by Crippen LogP contribution is 2.32. The zero-order valence-corrected chi connectivity index (χ0v) is 14.1. The van der Waals surface area contributed by atoms with E-state index in [9.17, 15) is 19.2 Å². The van der Waals surface area contributed by atoms with Crippen molar-refractivity contribution in [1.29, 1.82) is 0 Å². The van der Waals surface area contributed by atoms with Crippen LogP contribution in [0.2, 0.25) is 0 Å². The van der Waals surface area contributed by atoms with Crippen LogP contribution in [-0.4, -0.2) is 45.2 Å². The first kappa shape index (κ1) is 17.5. The van der Waals surface area contributed by atoms with E-state index >= 15 is 0 Å². The van der Waals surface area contributed by atoms with E-state index in [1.54, 1.807) is 0 Å². The number of benzene rings is 1. The van der Waals surface area contributed by atoms with Gasteiger partial charge in [0.05, 0.1) is 16.0 Å². The van der Waals surface area contributed by atoms with Gasteiger partial charge in [0.2, 0.25) is 0 Å². The first-order valence-corrected chi connectivity index (χ1v) is 8.01. The van der Waals surface area contributed by atoms with Crippen molar-refractivity contribution < 1.29 is 33.8 Å². The predicted octanol–water partition coefficient (Wildman–Crippen LogP) is 3.01. The third-order valence-electron chi connectivity index (χ3n) is 3.60. The second-order valence-corrected chi connectivity index (χ2v) is 6.35. The zero-order chi connectivity index (χ0) is 19.0. The molecule has 0 unspecified atom stereocenters. The zero-order valence-electron chi connectivity index (χ0n) is 13.3. The summed E-state index contributed by atoms with van der Waals surface area (Å²) in [6.45, 7) is 0. The number of carbonyl (C=O) groups excluding carboxylic acids is 2. The number of thioether (sulfide) groups is 1. The molecule has 2 aromatic rings. The molecule has 26 heavy (non-hydrogen) atoms. The lowest BCUT2D eigenvalue weighted by Crippen LogP contribution is -2.22. The van der Waals surface area contributed by atoms with Gasteiger partial charge in [-0.15, -0.1) is 0 Å². The number of hydrogen-bond donors (Lipinski definition) is 2. The van der Waals surface area contributed by atoms with Gasteiger partial charge < -0.3 is 14.6 Å². The van der Waals surface area contributed by atoms with Crippen molar-refractivity contribution in [3.05, 3.63) is 52.1 Å². The van der Waals surface area contributed by atoms with Gasteiger partial charge in [0.1, 0.15) is 11.5 Å². The number of furan rings is 1. The number of carboxylic acid groups (broad SMARTS) is 2. The topological polar surface area (TPSA) is 125 Å². The summed E-state index contributed by atoms with van der Waals surface area (Å²) in [6, 6.07) is 6.69. The van der Waals surface area contributed by atoms with E-state index in [0.29, 0.717) is 0 Å². The van der Waals surface area contributed by atoms with E-state index in [2.05, 4.69) is 0 Å². The van der Waals surface area contributed by atoms with E-state index in [1.165, 1.54) is 37.4 Å². The Kier molecular flexibility index (Phi) is 4.39. The van der Waals surface area contributed by atoms with Gasteiger partial charge in [-0.3, -0.25) is 14.5 Å². The van der Waals surface area contributed by atoms with Crippen LogP contribution in [0.4, 0.5) is 4.79 Å². The lowest BCUT2D eigenvalue weighted by molar-refractivity contribution is -0.121. The van der Waals surface area contributed by atoms with Gasteiger partial charge >= 0.3 is 11.9 Å². The summed E-state index contributed by atoms with van der Waals surface area (Å²) in [4.78, 5) is 46.9. The molecule has 1 fully saturated rings. The molecule has 132 valence electrons. The van der Waals surface area contributed by atoms with Crippen LogP contribution in [0, 0.1) is 0 Å². The van der Waals surface area contributed by atoms with E-state index in [1.807, 2.05) is 0 Å². The molecule has 0 aliphatic carbocycles. The van der Waals surface area contributed by atoms with E-state index < -0.39 is 23.1 Å². The molecule has 0 saturated carbocycles. The number of carboxylic acids is 2. The normalized spacial score (nSPS) is 15.7. The van der Waals surface area contributed by atoms with Crippen LogP contribution in [0.1, 0.15) is 26.5 Å². The van der Waals surface area contributed by atoms with Gasteiger partial charge in [-0.2, -0.15) is 0 Å². The molecular formula is C17H11NO7S. The van der Waals surface area contributed by atoms with Crippen LogP contribution < -0.4 is 0 Å². The maximum Gasteiger partial charge on any atom is 0.335 e. The molecule has 3 rings (SSSR count). The fourth-order valence-electron chi connectivity index (χ4n) is 2.28. The Morgan fingerprint density at radius 3 is 2.19 bits per heavy atom. The highest BCUT2D eigenvalue weighted by molar-refractivity contribution is 8.18. The standard InChI is InChI=1S/C17H11NO7S/c1-18-14(19)13(26-17(18)24)7-11-2-3-12(25-11)8-4-9(15(20)21)6-10(5-8)16(22)23/h2-7H,1H3,(H,20,21)(H,22,23)/b13-7+. The molecule has 1 aromatic carbocycles. The van der Waals surface area contributed by atoms with Crippen LogP contribution in [0.3, 0.4) is 0 Å². The quantitative estimate of drug-likeness (QED) is 0.784. The van der Waals surface area contributed by atoms with Crippen molar-refractivity contribution in [2.75, 3.05) is 7.05 Å². The van der Waals surface area contributed by atoms with Crippen molar-refractivity contribution >= 4 is 40.9 Å². The Labute approximate surface area is 150 Å². The Bertz CT molecular complexity index is 956. The van der Waals surface area contributed by atoms with Crippen LogP contribution in [0.25, 0.3) is 17.4 Å². The number of imide groups is 1. The summed E-state index contributed by atoms with van der Waals surface area (Å²) in [7, 11) is 1.37. The van der Waals surface area contributed by atoms with E-state index in [0.717, 1.165) is 22.7 Å². The first-order chi connectivity index (χ1) is 12.3. The molecule has 9 heteroatoms. The number of carbonyl (C=O) groups is 4. The third kappa shape index (κ3) is 3.24. The van der Waals surface area contributed by atoms with Crippen LogP contribution >= 0.6 is 11.8 Å². The number of aromatic carboxylic acids is 2. The molecule has 0 bridgehead atoms. The lowest BCUT2D eigenvalue weighted by Gasteiger charge is -2.03. The third-order valence-corrected chi connectivity index (χ3v) is 4.56. The van der Waals surface area contributed by atoms with Crippen molar-refractivity contribution in [1.82, 2.24) is 4.90 Å². The minimum Gasteiger partial charge on any atom is -0.478 e. The second-order valence-electron chi connectivity index (χ2n) is 5.35. The van der Waals surface area contributed by atoms with Gasteiger partial charge in [0.15, 0.2) is 0 Å². The van der Waals surface area contributed by atoms with Gasteiger partial charge in [0.25, 0.3) is 11.1 Å². The number of rotatable bonds is 4. The number of likely N-dealkylation sites (N-methyl/N-ethyl adjacent to an activating group) is 1. The van der Waals surface area contributed by atoms with E-state index in [-0.39, 0.29) is 33.1 Å². The molecular weight excluding hydrogens is 362 g/mol. The number of hydrogen-bond acceptors (Lipinski definition) is 6. The Morgan fingerprint density at radius 2 is 1.69 bits per heavy atom. The fourth-order valence-corrected chi connectivity index (χ4v) is 3.08. The Morgan fingerprint density at radius 1 is 1.08 bits per heavy atom. The molecule has 1 aliphatic rings. The van der Waals surface area contributed by atoms with E-state index in [4.69, 9.17) is 14.6 Å². The molecule has 2 amide bonds. The summed E-state index contributed by atoms with van der Waals surface area (Å²) in [5.41, 5.74) is -0.111. The Balaban J connectivity index is 1.98. The van der Waals surface area contributed by atoms with Crippen molar-refractivity contribution in [3.63, 3.8) is 0 Å². The molecule has 0 atom stereocenters. The lowest BCUT2D eigenvalue weighted by atomic mass is 10.0. The minimum absolute atomic E-state index is 0.190. The van der Waals surface area contributed by atoms with Crippen LogP contribution in [0.5, 0.6) is 0 Å². The fraction of sp³-hybridized carbons (Fsp3) is 0.0588. The highest BCUT2D eigenvalue weighted by atomic mass is 32.2. The molecule has 0 radical (unpaired) electrons. The van der Waals surface area contributed by atoms with Crippen molar-refractivity contribution in [3.8, 4) is 11.3 Å². The maximum absolute atomic E-state index is 11.9. The summed E-state index contributed by atoms with van der Waals surface area (Å²) in [5, 5.41) is 17.9. The molecule has 2 N–H and O–H groups in total. The summed E-state index contributed by atoms with van der Waals surface area (Å²) in [5.74, 6) is -2.47. The average molecular weight is 373 g/mol. The second kappa shape index (κ2) is 6.52. The molecule has 1 saturated heterocycles. The summed E-state index contributed by atoms with van der Waals surface area (Å²) < 4.78 is 5.56. The largest absolute Gasteiger partial charge is 0.478 e. The smallest absolute Gasteiger partial charge is 0.335 e. The van der Waals surface area contributed by atoms with Crippen molar-refractivity contribution in [2.24, 2.45) is 0 Å².